The van der Waals surface area contributed by atoms with Gasteiger partial charge in [-0.25, -0.2) is 4.39 Å². The molecule has 0 bridgehead atoms. The summed E-state index contributed by atoms with van der Waals surface area (Å²) in [7, 11) is 3.02. The third-order valence-electron chi connectivity index (χ3n) is 5.30. The Bertz CT molecular complexity index is 1430. The van der Waals surface area contributed by atoms with Crippen molar-refractivity contribution in [3.8, 4) is 17.2 Å². The van der Waals surface area contributed by atoms with Crippen LogP contribution in [0, 0.1) is 5.82 Å². The topological polar surface area (TPSA) is 107 Å². The van der Waals surface area contributed by atoms with Gasteiger partial charge in [0, 0.05) is 21.4 Å². The molecule has 4 rings (SSSR count). The van der Waals surface area contributed by atoms with Crippen LogP contribution >= 0.6 is 27.7 Å². The van der Waals surface area contributed by atoms with E-state index >= 15 is 0 Å². The number of amides is 2. The lowest BCUT2D eigenvalue weighted by molar-refractivity contribution is -0.113. The highest BCUT2D eigenvalue weighted by molar-refractivity contribution is 9.10. The first-order valence-corrected chi connectivity index (χ1v) is 13.0. The second kappa shape index (κ2) is 12.6. The Morgan fingerprint density at radius 3 is 2.37 bits per heavy atom. The van der Waals surface area contributed by atoms with E-state index < -0.39 is 0 Å². The number of hydrogen-bond donors (Lipinski definition) is 2. The van der Waals surface area contributed by atoms with Gasteiger partial charge >= 0.3 is 0 Å². The van der Waals surface area contributed by atoms with E-state index in [-0.39, 0.29) is 29.9 Å². The molecular weight excluding hydrogens is 577 g/mol. The number of methoxy groups -OCH3 is 2. The lowest BCUT2D eigenvalue weighted by atomic mass is 10.2. The Morgan fingerprint density at radius 2 is 1.68 bits per heavy atom. The molecule has 12 heteroatoms. The fourth-order valence-corrected chi connectivity index (χ4v) is 4.49. The van der Waals surface area contributed by atoms with E-state index in [0.717, 1.165) is 10.2 Å². The van der Waals surface area contributed by atoms with Crippen molar-refractivity contribution >= 4 is 45.2 Å². The molecule has 0 aliphatic carbocycles. The van der Waals surface area contributed by atoms with Crippen molar-refractivity contribution in [1.29, 1.82) is 0 Å². The first-order chi connectivity index (χ1) is 18.4. The minimum atomic E-state index is -0.384. The molecule has 0 fully saturated rings. The Morgan fingerprint density at radius 1 is 0.974 bits per heavy atom. The van der Waals surface area contributed by atoms with Crippen LogP contribution in [-0.2, 0) is 11.3 Å². The van der Waals surface area contributed by atoms with Gasteiger partial charge in [-0.3, -0.25) is 14.2 Å². The Labute approximate surface area is 230 Å². The molecule has 2 amide bonds. The fraction of sp³-hybridized carbons (Fsp3) is 0.154. The predicted octanol–water partition coefficient (Wildman–Crippen LogP) is 4.85. The molecule has 1 heterocycles. The molecule has 4 aromatic rings. The van der Waals surface area contributed by atoms with Gasteiger partial charge in [-0.1, -0.05) is 27.7 Å². The molecule has 38 heavy (non-hydrogen) atoms. The third kappa shape index (κ3) is 6.69. The van der Waals surface area contributed by atoms with Crippen molar-refractivity contribution < 1.29 is 23.5 Å². The van der Waals surface area contributed by atoms with Crippen molar-refractivity contribution in [2.24, 2.45) is 0 Å². The summed E-state index contributed by atoms with van der Waals surface area (Å²) in [5, 5.41) is 14.6. The molecule has 1 aromatic heterocycles. The van der Waals surface area contributed by atoms with Gasteiger partial charge in [-0.05, 0) is 66.7 Å². The number of nitrogens with one attached hydrogen (secondary N) is 2. The summed E-state index contributed by atoms with van der Waals surface area (Å²) in [4.78, 5) is 25.3. The molecule has 0 unspecified atom stereocenters. The number of aromatic nitrogens is 3. The fourth-order valence-electron chi connectivity index (χ4n) is 3.46. The summed E-state index contributed by atoms with van der Waals surface area (Å²) >= 11 is 4.62. The van der Waals surface area contributed by atoms with Gasteiger partial charge in [0.1, 0.15) is 5.82 Å². The summed E-state index contributed by atoms with van der Waals surface area (Å²) in [6, 6.07) is 17.9. The highest BCUT2D eigenvalue weighted by atomic mass is 79.9. The van der Waals surface area contributed by atoms with Crippen LogP contribution in [0.3, 0.4) is 0 Å². The molecule has 0 saturated carbocycles. The van der Waals surface area contributed by atoms with Gasteiger partial charge in [0.2, 0.25) is 5.91 Å². The zero-order chi connectivity index (χ0) is 27.1. The standard InChI is InChI=1S/C26H23BrFN5O4S/c1-36-21-12-3-16(13-22(21)37-2)25(35)29-14-23-31-32-26(33(23)20-10-4-17(27)5-11-20)38-15-24(34)30-19-8-6-18(28)7-9-19/h3-13H,14-15H2,1-2H3,(H,29,35)(H,30,34). The minimum Gasteiger partial charge on any atom is -0.493 e. The molecular formula is C26H23BrFN5O4S. The van der Waals surface area contributed by atoms with Gasteiger partial charge in [-0.15, -0.1) is 10.2 Å². The van der Waals surface area contributed by atoms with Gasteiger partial charge in [0.25, 0.3) is 5.91 Å². The highest BCUT2D eigenvalue weighted by Gasteiger charge is 2.18. The lowest BCUT2D eigenvalue weighted by Gasteiger charge is -2.12. The molecule has 196 valence electrons. The normalized spacial score (nSPS) is 10.6. The molecule has 2 N–H and O–H groups in total. The highest BCUT2D eigenvalue weighted by Crippen LogP contribution is 2.28. The van der Waals surface area contributed by atoms with Crippen LogP contribution in [0.5, 0.6) is 11.5 Å². The summed E-state index contributed by atoms with van der Waals surface area (Å²) < 4.78 is 26.3. The molecule has 0 spiro atoms. The van der Waals surface area contributed by atoms with E-state index in [1.807, 2.05) is 24.3 Å². The Kier molecular flexibility index (Phi) is 8.98. The molecule has 3 aromatic carbocycles. The number of rotatable bonds is 10. The van der Waals surface area contributed by atoms with Gasteiger partial charge < -0.3 is 20.1 Å². The summed E-state index contributed by atoms with van der Waals surface area (Å²) in [6.45, 7) is 0.0819. The molecule has 0 saturated heterocycles. The summed E-state index contributed by atoms with van der Waals surface area (Å²) in [6.07, 6.45) is 0. The van der Waals surface area contributed by atoms with Crippen molar-refractivity contribution in [2.45, 2.75) is 11.7 Å². The number of nitrogens with zero attached hydrogens (tertiary/aromatic N) is 3. The van der Waals surface area contributed by atoms with E-state index in [0.29, 0.717) is 33.7 Å². The largest absolute Gasteiger partial charge is 0.493 e. The molecule has 0 atom stereocenters. The number of halogens is 2. The Balaban J connectivity index is 1.50. The quantitative estimate of drug-likeness (QED) is 0.251. The minimum absolute atomic E-state index is 0.0457. The van der Waals surface area contributed by atoms with Crippen LogP contribution in [0.1, 0.15) is 16.2 Å². The molecule has 0 aliphatic heterocycles. The predicted molar refractivity (Wildman–Crippen MR) is 146 cm³/mol. The van der Waals surface area contributed by atoms with Gasteiger partial charge in [-0.2, -0.15) is 0 Å². The van der Waals surface area contributed by atoms with Crippen LogP contribution in [0.25, 0.3) is 5.69 Å². The average Bonchev–Trinajstić information content (AvgIpc) is 3.34. The first kappa shape index (κ1) is 27.1. The Hall–Kier alpha value is -3.90. The zero-order valence-corrected chi connectivity index (χ0v) is 22.8. The molecule has 0 aliphatic rings. The van der Waals surface area contributed by atoms with Gasteiger partial charge in [0.15, 0.2) is 22.5 Å². The maximum Gasteiger partial charge on any atom is 0.251 e. The number of thioether (sulfide) groups is 1. The maximum absolute atomic E-state index is 13.1. The smallest absolute Gasteiger partial charge is 0.251 e. The van der Waals surface area contributed by atoms with Gasteiger partial charge in [0.05, 0.1) is 26.5 Å². The summed E-state index contributed by atoms with van der Waals surface area (Å²) in [5.41, 5.74) is 1.64. The van der Waals surface area contributed by atoms with Crippen molar-refractivity contribution in [3.63, 3.8) is 0 Å². The van der Waals surface area contributed by atoms with Crippen LogP contribution in [-0.4, -0.2) is 46.6 Å². The number of ether oxygens (including phenoxy) is 2. The lowest BCUT2D eigenvalue weighted by Crippen LogP contribution is -2.24. The first-order valence-electron chi connectivity index (χ1n) is 11.3. The number of carbonyl (C=O) groups is 2. The van der Waals surface area contributed by atoms with E-state index in [2.05, 4.69) is 36.8 Å². The van der Waals surface area contributed by atoms with E-state index in [1.54, 1.807) is 22.8 Å². The van der Waals surface area contributed by atoms with E-state index in [9.17, 15) is 14.0 Å². The average molecular weight is 600 g/mol. The number of hydrogen-bond acceptors (Lipinski definition) is 7. The second-order valence-corrected chi connectivity index (χ2v) is 9.66. The third-order valence-corrected chi connectivity index (χ3v) is 6.76. The second-order valence-electron chi connectivity index (χ2n) is 7.81. The molecule has 9 nitrogen and oxygen atoms in total. The summed E-state index contributed by atoms with van der Waals surface area (Å²) in [5.74, 6) is 0.483. The van der Waals surface area contributed by atoms with Crippen LogP contribution in [0.2, 0.25) is 0 Å². The zero-order valence-electron chi connectivity index (χ0n) is 20.4. The van der Waals surface area contributed by atoms with Crippen LogP contribution < -0.4 is 20.1 Å². The van der Waals surface area contributed by atoms with Crippen molar-refractivity contribution in [1.82, 2.24) is 20.1 Å². The monoisotopic (exact) mass is 599 g/mol. The van der Waals surface area contributed by atoms with Crippen LogP contribution in [0.15, 0.2) is 76.4 Å². The van der Waals surface area contributed by atoms with Crippen LogP contribution in [0.4, 0.5) is 10.1 Å². The van der Waals surface area contributed by atoms with Crippen molar-refractivity contribution in [2.75, 3.05) is 25.3 Å². The molecule has 0 radical (unpaired) electrons. The SMILES string of the molecule is COc1ccc(C(=O)NCc2nnc(SCC(=O)Nc3ccc(F)cc3)n2-c2ccc(Br)cc2)cc1OC. The van der Waals surface area contributed by atoms with Crippen molar-refractivity contribution in [3.05, 3.63) is 88.4 Å². The number of benzene rings is 3. The number of carbonyl (C=O) groups excluding carboxylic acids is 2. The number of anilines is 1. The maximum atomic E-state index is 13.1. The van der Waals surface area contributed by atoms with E-state index in [4.69, 9.17) is 9.47 Å². The van der Waals surface area contributed by atoms with E-state index in [1.165, 1.54) is 50.2 Å².